The maximum atomic E-state index is 11.9. The van der Waals surface area contributed by atoms with E-state index in [1.807, 2.05) is 0 Å². The first-order chi connectivity index (χ1) is 7.95. The van der Waals surface area contributed by atoms with E-state index in [4.69, 9.17) is 5.73 Å². The van der Waals surface area contributed by atoms with Gasteiger partial charge in [0.2, 0.25) is 5.91 Å². The lowest BCUT2D eigenvalue weighted by Crippen LogP contribution is -2.36. The van der Waals surface area contributed by atoms with Gasteiger partial charge in [-0.25, -0.2) is 0 Å². The number of carbonyl (C=O) groups excluding carboxylic acids is 2. The molecule has 92 valence electrons. The molecule has 1 aromatic carbocycles. The molecule has 5 nitrogen and oxygen atoms in total. The number of likely N-dealkylation sites (N-methyl/N-ethyl adjacent to an activating group) is 2. The molecule has 0 aromatic heterocycles. The predicted octanol–water partition coefficient (Wildman–Crippen LogP) is 0.849. The van der Waals surface area contributed by atoms with Gasteiger partial charge in [0, 0.05) is 29.8 Å². The number of nitrogens with two attached hydrogens (primary N) is 1. The summed E-state index contributed by atoms with van der Waals surface area (Å²) in [5, 5.41) is 2.46. The van der Waals surface area contributed by atoms with Crippen LogP contribution in [0.15, 0.2) is 22.7 Å². The van der Waals surface area contributed by atoms with Crippen molar-refractivity contribution in [2.75, 3.05) is 26.4 Å². The van der Waals surface area contributed by atoms with Crippen molar-refractivity contribution in [1.29, 1.82) is 0 Å². The third kappa shape index (κ3) is 3.45. The molecule has 0 atom stereocenters. The average molecular weight is 300 g/mol. The van der Waals surface area contributed by atoms with Crippen LogP contribution in [0.3, 0.4) is 0 Å². The summed E-state index contributed by atoms with van der Waals surface area (Å²) >= 11 is 3.25. The monoisotopic (exact) mass is 299 g/mol. The zero-order valence-corrected chi connectivity index (χ0v) is 11.2. The first-order valence-corrected chi connectivity index (χ1v) is 5.76. The Morgan fingerprint density at radius 1 is 1.47 bits per heavy atom. The summed E-state index contributed by atoms with van der Waals surface area (Å²) in [4.78, 5) is 24.4. The SMILES string of the molecule is CNC(=O)CN(C)C(=O)c1ccc(N)c(Br)c1. The van der Waals surface area contributed by atoms with E-state index >= 15 is 0 Å². The van der Waals surface area contributed by atoms with Gasteiger partial charge >= 0.3 is 0 Å². The first kappa shape index (κ1) is 13.5. The molecule has 6 heteroatoms. The second-order valence-corrected chi connectivity index (χ2v) is 4.43. The van der Waals surface area contributed by atoms with Gasteiger partial charge in [0.25, 0.3) is 5.91 Å². The lowest BCUT2D eigenvalue weighted by molar-refractivity contribution is -0.121. The minimum Gasteiger partial charge on any atom is -0.398 e. The molecule has 0 saturated carbocycles. The average Bonchev–Trinajstić information content (AvgIpc) is 2.31. The number of anilines is 1. The van der Waals surface area contributed by atoms with Crippen molar-refractivity contribution in [1.82, 2.24) is 10.2 Å². The standard InChI is InChI=1S/C11H14BrN3O2/c1-14-10(16)6-15(2)11(17)7-3-4-9(13)8(12)5-7/h3-5H,6,13H2,1-2H3,(H,14,16). The fourth-order valence-corrected chi connectivity index (χ4v) is 1.63. The highest BCUT2D eigenvalue weighted by molar-refractivity contribution is 9.10. The van der Waals surface area contributed by atoms with Gasteiger partial charge in [-0.15, -0.1) is 0 Å². The van der Waals surface area contributed by atoms with Gasteiger partial charge in [-0.2, -0.15) is 0 Å². The summed E-state index contributed by atoms with van der Waals surface area (Å²) in [7, 11) is 3.10. The molecule has 1 rings (SSSR count). The van der Waals surface area contributed by atoms with E-state index < -0.39 is 0 Å². The number of amides is 2. The molecule has 0 saturated heterocycles. The van der Waals surface area contributed by atoms with Gasteiger partial charge in [-0.3, -0.25) is 9.59 Å². The molecule has 0 spiro atoms. The molecule has 0 aliphatic carbocycles. The number of halogens is 1. The number of nitrogens with zero attached hydrogens (tertiary/aromatic N) is 1. The van der Waals surface area contributed by atoms with Gasteiger partial charge in [0.1, 0.15) is 0 Å². The summed E-state index contributed by atoms with van der Waals surface area (Å²) in [6, 6.07) is 4.91. The number of nitrogen functional groups attached to an aromatic ring is 1. The fourth-order valence-electron chi connectivity index (χ4n) is 1.25. The van der Waals surface area contributed by atoms with E-state index in [1.165, 1.54) is 11.9 Å². The van der Waals surface area contributed by atoms with Gasteiger partial charge < -0.3 is 16.0 Å². The topological polar surface area (TPSA) is 75.4 Å². The zero-order chi connectivity index (χ0) is 13.0. The molecule has 0 heterocycles. The Bertz CT molecular complexity index is 448. The van der Waals surface area contributed by atoms with Crippen LogP contribution < -0.4 is 11.1 Å². The first-order valence-electron chi connectivity index (χ1n) is 4.96. The highest BCUT2D eigenvalue weighted by atomic mass is 79.9. The summed E-state index contributed by atoms with van der Waals surface area (Å²) in [5.41, 5.74) is 6.68. The molecule has 0 bridgehead atoms. The van der Waals surface area contributed by atoms with Crippen molar-refractivity contribution in [3.05, 3.63) is 28.2 Å². The third-order valence-corrected chi connectivity index (χ3v) is 2.94. The van der Waals surface area contributed by atoms with Crippen LogP contribution >= 0.6 is 15.9 Å². The normalized spacial score (nSPS) is 9.82. The molecular formula is C11H14BrN3O2. The van der Waals surface area contributed by atoms with Gasteiger partial charge in [0.05, 0.1) is 6.54 Å². The van der Waals surface area contributed by atoms with Crippen molar-refractivity contribution >= 4 is 33.4 Å². The number of nitrogens with one attached hydrogen (secondary N) is 1. The maximum absolute atomic E-state index is 11.9. The second-order valence-electron chi connectivity index (χ2n) is 3.57. The summed E-state index contributed by atoms with van der Waals surface area (Å²) < 4.78 is 0.664. The van der Waals surface area contributed by atoms with Crippen molar-refractivity contribution in [3.8, 4) is 0 Å². The minimum atomic E-state index is -0.227. The smallest absolute Gasteiger partial charge is 0.254 e. The van der Waals surface area contributed by atoms with Gasteiger partial charge in [0.15, 0.2) is 0 Å². The van der Waals surface area contributed by atoms with Crippen LogP contribution in [0.5, 0.6) is 0 Å². The lowest BCUT2D eigenvalue weighted by Gasteiger charge is -2.16. The number of benzene rings is 1. The minimum absolute atomic E-state index is 0.0251. The summed E-state index contributed by atoms with van der Waals surface area (Å²) in [6.07, 6.45) is 0. The van der Waals surface area contributed by atoms with Crippen molar-refractivity contribution < 1.29 is 9.59 Å². The maximum Gasteiger partial charge on any atom is 0.254 e. The van der Waals surface area contributed by atoms with E-state index in [-0.39, 0.29) is 18.4 Å². The van der Waals surface area contributed by atoms with Crippen molar-refractivity contribution in [2.24, 2.45) is 0 Å². The van der Waals surface area contributed by atoms with Crippen LogP contribution in [-0.4, -0.2) is 37.4 Å². The number of hydrogen-bond donors (Lipinski definition) is 2. The Hall–Kier alpha value is -1.56. The quantitative estimate of drug-likeness (QED) is 0.813. The summed E-state index contributed by atoms with van der Waals surface area (Å²) in [6.45, 7) is 0.0251. The number of carbonyl (C=O) groups is 2. The molecule has 2 amide bonds. The van der Waals surface area contributed by atoms with Crippen molar-refractivity contribution in [3.63, 3.8) is 0 Å². The highest BCUT2D eigenvalue weighted by Gasteiger charge is 2.14. The van der Waals surface area contributed by atoms with E-state index in [2.05, 4.69) is 21.2 Å². The predicted molar refractivity (Wildman–Crippen MR) is 69.6 cm³/mol. The van der Waals surface area contributed by atoms with Crippen LogP contribution in [0.4, 0.5) is 5.69 Å². The second kappa shape index (κ2) is 5.67. The Kier molecular flexibility index (Phi) is 4.51. The molecular weight excluding hydrogens is 286 g/mol. The van der Waals surface area contributed by atoms with Crippen LogP contribution in [-0.2, 0) is 4.79 Å². The van der Waals surface area contributed by atoms with Gasteiger partial charge in [-0.05, 0) is 34.1 Å². The van der Waals surface area contributed by atoms with E-state index in [1.54, 1.807) is 25.2 Å². The number of hydrogen-bond acceptors (Lipinski definition) is 3. The van der Waals surface area contributed by atoms with Crippen LogP contribution in [0, 0.1) is 0 Å². The van der Waals surface area contributed by atoms with E-state index in [9.17, 15) is 9.59 Å². The van der Waals surface area contributed by atoms with Crippen LogP contribution in [0.25, 0.3) is 0 Å². The lowest BCUT2D eigenvalue weighted by atomic mass is 10.2. The Morgan fingerprint density at radius 2 is 2.12 bits per heavy atom. The highest BCUT2D eigenvalue weighted by Crippen LogP contribution is 2.20. The molecule has 3 N–H and O–H groups in total. The Labute approximate surface area is 108 Å². The van der Waals surface area contributed by atoms with Crippen LogP contribution in [0.1, 0.15) is 10.4 Å². The Balaban J connectivity index is 2.81. The molecule has 0 fully saturated rings. The van der Waals surface area contributed by atoms with E-state index in [0.717, 1.165) is 0 Å². The Morgan fingerprint density at radius 3 is 2.65 bits per heavy atom. The van der Waals surface area contributed by atoms with E-state index in [0.29, 0.717) is 15.7 Å². The van der Waals surface area contributed by atoms with Crippen LogP contribution in [0.2, 0.25) is 0 Å². The molecule has 17 heavy (non-hydrogen) atoms. The summed E-state index contributed by atoms with van der Waals surface area (Å²) in [5.74, 6) is -0.440. The van der Waals surface area contributed by atoms with Gasteiger partial charge in [-0.1, -0.05) is 0 Å². The molecule has 0 aliphatic rings. The number of rotatable bonds is 3. The zero-order valence-electron chi connectivity index (χ0n) is 9.66. The molecule has 0 radical (unpaired) electrons. The third-order valence-electron chi connectivity index (χ3n) is 2.25. The van der Waals surface area contributed by atoms with Crippen molar-refractivity contribution in [2.45, 2.75) is 0 Å². The molecule has 1 aromatic rings. The fraction of sp³-hybridized carbons (Fsp3) is 0.273. The largest absolute Gasteiger partial charge is 0.398 e. The molecule has 0 aliphatic heterocycles. The molecule has 0 unspecified atom stereocenters.